The summed E-state index contributed by atoms with van der Waals surface area (Å²) in [6, 6.07) is 14.0. The molecular weight excluding hydrogens is 360 g/mol. The number of carbonyl (C=O) groups excluding carboxylic acids is 2. The van der Waals surface area contributed by atoms with E-state index in [4.69, 9.17) is 15.6 Å². The Bertz CT molecular complexity index is 1170. The number of Topliss-reactive ketones (excluding diaryl/α,β-unsaturated/α-hetero) is 2. The standard InChI is InChI=1S/C21H12N2O5/c22-9-14-15(10-5-7-11(8-6-10)21(26)27)16-17(24)12-3-1-2-4-13(12)18(25)19(16)28-20(14)23/h1-8,15H,23H2,(H,26,27)/t15-/m1/s1. The van der Waals surface area contributed by atoms with Crippen molar-refractivity contribution in [3.05, 3.63) is 93.6 Å². The molecule has 0 amide bonds. The van der Waals surface area contributed by atoms with Crippen LogP contribution in [-0.4, -0.2) is 22.6 Å². The first-order chi connectivity index (χ1) is 13.4. The van der Waals surface area contributed by atoms with Crippen molar-refractivity contribution in [2.75, 3.05) is 0 Å². The van der Waals surface area contributed by atoms with E-state index in [2.05, 4.69) is 0 Å². The molecule has 2 aromatic rings. The molecule has 2 aromatic carbocycles. The first kappa shape index (κ1) is 17.2. The molecule has 4 rings (SSSR count). The van der Waals surface area contributed by atoms with Crippen molar-refractivity contribution in [1.82, 2.24) is 0 Å². The zero-order valence-electron chi connectivity index (χ0n) is 14.3. The highest BCUT2D eigenvalue weighted by Crippen LogP contribution is 2.43. The number of nitrogens with zero attached hydrogens (tertiary/aromatic N) is 1. The van der Waals surface area contributed by atoms with Crippen molar-refractivity contribution in [3.63, 3.8) is 0 Å². The zero-order valence-corrected chi connectivity index (χ0v) is 14.3. The number of benzene rings is 2. The number of rotatable bonds is 2. The fourth-order valence-corrected chi connectivity index (χ4v) is 3.46. The van der Waals surface area contributed by atoms with Crippen LogP contribution in [0.25, 0.3) is 0 Å². The Labute approximate surface area is 159 Å². The van der Waals surface area contributed by atoms with Crippen LogP contribution >= 0.6 is 0 Å². The lowest BCUT2D eigenvalue weighted by molar-refractivity contribution is 0.0696. The average molecular weight is 372 g/mol. The number of hydrogen-bond donors (Lipinski definition) is 2. The van der Waals surface area contributed by atoms with Crippen molar-refractivity contribution in [1.29, 1.82) is 5.26 Å². The van der Waals surface area contributed by atoms with E-state index >= 15 is 0 Å². The maximum Gasteiger partial charge on any atom is 0.335 e. The van der Waals surface area contributed by atoms with E-state index in [-0.39, 0.29) is 39.5 Å². The SMILES string of the molecule is N#CC1=C(N)OC2=C(C(=O)c3ccccc3C2=O)[C@@H]1c1ccc(C(=O)O)cc1. The van der Waals surface area contributed by atoms with Gasteiger partial charge in [0.05, 0.1) is 17.1 Å². The number of hydrogen-bond acceptors (Lipinski definition) is 6. The minimum absolute atomic E-state index is 0.0117. The fourth-order valence-electron chi connectivity index (χ4n) is 3.46. The van der Waals surface area contributed by atoms with Crippen molar-refractivity contribution < 1.29 is 24.2 Å². The lowest BCUT2D eigenvalue weighted by Gasteiger charge is -2.30. The number of aromatic carboxylic acids is 1. The fraction of sp³-hybridized carbons (Fsp3) is 0.0476. The summed E-state index contributed by atoms with van der Waals surface area (Å²) in [5.74, 6) is -3.41. The molecule has 28 heavy (non-hydrogen) atoms. The number of carbonyl (C=O) groups is 3. The van der Waals surface area contributed by atoms with Gasteiger partial charge in [0.15, 0.2) is 11.5 Å². The van der Waals surface area contributed by atoms with Gasteiger partial charge in [-0.25, -0.2) is 4.79 Å². The molecule has 136 valence electrons. The first-order valence-corrected chi connectivity index (χ1v) is 8.27. The van der Waals surface area contributed by atoms with E-state index in [1.807, 2.05) is 6.07 Å². The Balaban J connectivity index is 1.93. The normalized spacial score (nSPS) is 18.2. The number of carboxylic acids is 1. The van der Waals surface area contributed by atoms with E-state index in [1.165, 1.54) is 36.4 Å². The molecule has 0 saturated carbocycles. The van der Waals surface area contributed by atoms with Gasteiger partial charge in [-0.15, -0.1) is 0 Å². The number of allylic oxidation sites excluding steroid dienone is 3. The molecule has 0 saturated heterocycles. The summed E-state index contributed by atoms with van der Waals surface area (Å²) in [6.07, 6.45) is 0. The molecular formula is C21H12N2O5. The topological polar surface area (TPSA) is 130 Å². The van der Waals surface area contributed by atoms with E-state index in [1.54, 1.807) is 12.1 Å². The van der Waals surface area contributed by atoms with Crippen molar-refractivity contribution in [2.24, 2.45) is 5.73 Å². The molecule has 1 heterocycles. The first-order valence-electron chi connectivity index (χ1n) is 8.27. The van der Waals surface area contributed by atoms with Crippen LogP contribution in [0.2, 0.25) is 0 Å². The number of nitrogens with two attached hydrogens (primary N) is 1. The predicted octanol–water partition coefficient (Wildman–Crippen LogP) is 2.53. The van der Waals surface area contributed by atoms with Crippen molar-refractivity contribution >= 4 is 17.5 Å². The monoisotopic (exact) mass is 372 g/mol. The van der Waals surface area contributed by atoms with Crippen LogP contribution in [0.3, 0.4) is 0 Å². The molecule has 3 N–H and O–H groups in total. The highest BCUT2D eigenvalue weighted by atomic mass is 16.5. The van der Waals surface area contributed by atoms with Gasteiger partial charge in [0.1, 0.15) is 11.6 Å². The summed E-state index contributed by atoms with van der Waals surface area (Å²) < 4.78 is 5.40. The van der Waals surface area contributed by atoms with E-state index in [0.717, 1.165) is 0 Å². The van der Waals surface area contributed by atoms with E-state index < -0.39 is 23.5 Å². The molecule has 1 aliphatic heterocycles. The molecule has 1 atom stereocenters. The lowest BCUT2D eigenvalue weighted by atomic mass is 9.75. The molecule has 0 bridgehead atoms. The third-order valence-corrected chi connectivity index (χ3v) is 4.78. The van der Waals surface area contributed by atoms with Gasteiger partial charge in [-0.05, 0) is 17.7 Å². The summed E-state index contributed by atoms with van der Waals surface area (Å²) >= 11 is 0. The maximum absolute atomic E-state index is 13.2. The third-order valence-electron chi connectivity index (χ3n) is 4.78. The van der Waals surface area contributed by atoms with Gasteiger partial charge in [0, 0.05) is 11.1 Å². The number of ether oxygens (including phenoxy) is 1. The second-order valence-corrected chi connectivity index (χ2v) is 6.30. The quantitative estimate of drug-likeness (QED) is 0.828. The largest absolute Gasteiger partial charge is 0.478 e. The molecule has 0 fully saturated rings. The maximum atomic E-state index is 13.2. The highest BCUT2D eigenvalue weighted by molar-refractivity contribution is 6.27. The summed E-state index contributed by atoms with van der Waals surface area (Å²) in [6.45, 7) is 0. The van der Waals surface area contributed by atoms with Gasteiger partial charge in [0.2, 0.25) is 11.7 Å². The van der Waals surface area contributed by atoms with Crippen LogP contribution in [0, 0.1) is 11.3 Å². The molecule has 7 heteroatoms. The molecule has 0 unspecified atom stereocenters. The summed E-state index contributed by atoms with van der Waals surface area (Å²) in [5, 5.41) is 18.7. The van der Waals surface area contributed by atoms with Gasteiger partial charge < -0.3 is 15.6 Å². The van der Waals surface area contributed by atoms with Crippen LogP contribution in [0.4, 0.5) is 0 Å². The van der Waals surface area contributed by atoms with Crippen LogP contribution in [0.5, 0.6) is 0 Å². The van der Waals surface area contributed by atoms with Gasteiger partial charge >= 0.3 is 5.97 Å². The smallest absolute Gasteiger partial charge is 0.335 e. The second kappa shape index (κ2) is 6.21. The third kappa shape index (κ3) is 2.40. The number of nitriles is 1. The Morgan fingerprint density at radius 1 is 1.04 bits per heavy atom. The van der Waals surface area contributed by atoms with E-state index in [9.17, 15) is 19.6 Å². The van der Waals surface area contributed by atoms with Crippen LogP contribution < -0.4 is 5.73 Å². The second-order valence-electron chi connectivity index (χ2n) is 6.30. The van der Waals surface area contributed by atoms with E-state index in [0.29, 0.717) is 5.56 Å². The van der Waals surface area contributed by atoms with Gasteiger partial charge in [-0.3, -0.25) is 9.59 Å². The molecule has 0 spiro atoms. The molecule has 1 aliphatic carbocycles. The predicted molar refractivity (Wildman–Crippen MR) is 96.2 cm³/mol. The van der Waals surface area contributed by atoms with Crippen LogP contribution in [-0.2, 0) is 4.74 Å². The van der Waals surface area contributed by atoms with Gasteiger partial charge in [-0.2, -0.15) is 5.26 Å². The summed E-state index contributed by atoms with van der Waals surface area (Å²) in [7, 11) is 0. The minimum atomic E-state index is -1.10. The number of carboxylic acid groups (broad SMARTS) is 1. The van der Waals surface area contributed by atoms with Gasteiger partial charge in [0.25, 0.3) is 0 Å². The molecule has 0 aromatic heterocycles. The Hall–Kier alpha value is -4.18. The highest BCUT2D eigenvalue weighted by Gasteiger charge is 2.43. The number of ketones is 2. The zero-order chi connectivity index (χ0) is 20.0. The lowest BCUT2D eigenvalue weighted by Crippen LogP contribution is -2.32. The van der Waals surface area contributed by atoms with Crippen LogP contribution in [0.1, 0.15) is 42.6 Å². The minimum Gasteiger partial charge on any atom is -0.478 e. The van der Waals surface area contributed by atoms with Gasteiger partial charge in [-0.1, -0.05) is 36.4 Å². The van der Waals surface area contributed by atoms with Crippen molar-refractivity contribution in [2.45, 2.75) is 5.92 Å². The molecule has 7 nitrogen and oxygen atoms in total. The summed E-state index contributed by atoms with van der Waals surface area (Å²) in [5.41, 5.74) is 6.83. The Morgan fingerprint density at radius 3 is 2.21 bits per heavy atom. The summed E-state index contributed by atoms with van der Waals surface area (Å²) in [4.78, 5) is 37.2. The Kier molecular flexibility index (Phi) is 3.83. The van der Waals surface area contributed by atoms with Crippen LogP contribution in [0.15, 0.2) is 71.3 Å². The van der Waals surface area contributed by atoms with Crippen molar-refractivity contribution in [3.8, 4) is 6.07 Å². The number of fused-ring (bicyclic) bond motifs is 1. The molecule has 0 radical (unpaired) electrons. The average Bonchev–Trinajstić information content (AvgIpc) is 2.71. The molecule has 2 aliphatic rings. The Morgan fingerprint density at radius 2 is 1.64 bits per heavy atom.